The number of rotatable bonds is 6. The van der Waals surface area contributed by atoms with Gasteiger partial charge in [0.15, 0.2) is 11.6 Å². The molecule has 0 amide bonds. The lowest BCUT2D eigenvalue weighted by atomic mass is 10.2. The first-order chi connectivity index (χ1) is 14.2. The van der Waals surface area contributed by atoms with Crippen LogP contribution in [0.5, 0.6) is 23.3 Å². The van der Waals surface area contributed by atoms with Crippen LogP contribution in [0.4, 0.5) is 14.5 Å². The second kappa shape index (κ2) is 8.34. The fraction of sp³-hybridized carbons (Fsp3) is 0.100. The molecule has 3 aromatic rings. The molecule has 3 rings (SSSR count). The zero-order valence-corrected chi connectivity index (χ0v) is 16.6. The van der Waals surface area contributed by atoms with E-state index < -0.39 is 33.4 Å². The van der Waals surface area contributed by atoms with Gasteiger partial charge in [-0.15, -0.1) is 0 Å². The number of nitrogens with one attached hydrogen (secondary N) is 1. The molecule has 0 fully saturated rings. The van der Waals surface area contributed by atoms with Gasteiger partial charge in [-0.3, -0.25) is 4.72 Å². The third kappa shape index (κ3) is 5.01. The smallest absolute Gasteiger partial charge is 0.259 e. The first-order valence-electron chi connectivity index (χ1n) is 8.45. The average molecular weight is 431 g/mol. The predicted molar refractivity (Wildman–Crippen MR) is 105 cm³/mol. The van der Waals surface area contributed by atoms with Crippen LogP contribution in [0.25, 0.3) is 0 Å². The lowest BCUT2D eigenvalue weighted by molar-refractivity contribution is 0.373. The van der Waals surface area contributed by atoms with Gasteiger partial charge in [0.05, 0.1) is 23.6 Å². The van der Waals surface area contributed by atoms with Crippen molar-refractivity contribution >= 4 is 15.7 Å². The predicted octanol–water partition coefficient (Wildman–Crippen LogP) is 4.50. The number of hydrogen-bond acceptors (Lipinski definition) is 6. The molecule has 10 heteroatoms. The van der Waals surface area contributed by atoms with Gasteiger partial charge in [0.2, 0.25) is 10.0 Å². The molecule has 0 radical (unpaired) electrons. The van der Waals surface area contributed by atoms with Crippen LogP contribution >= 0.6 is 0 Å². The van der Waals surface area contributed by atoms with Gasteiger partial charge in [0.1, 0.15) is 11.5 Å². The van der Waals surface area contributed by atoms with Gasteiger partial charge in [0, 0.05) is 11.6 Å². The summed E-state index contributed by atoms with van der Waals surface area (Å²) < 4.78 is 64.8. The molecule has 30 heavy (non-hydrogen) atoms. The number of pyridine rings is 1. The monoisotopic (exact) mass is 431 g/mol. The molecule has 1 N–H and O–H groups in total. The summed E-state index contributed by atoms with van der Waals surface area (Å²) in [6.45, 7) is 1.19. The number of sulfonamides is 1. The van der Waals surface area contributed by atoms with Gasteiger partial charge < -0.3 is 9.47 Å². The Bertz CT molecular complexity index is 1260. The van der Waals surface area contributed by atoms with Gasteiger partial charge in [-0.05, 0) is 37.3 Å². The maximum Gasteiger partial charge on any atom is 0.259 e. The Morgan fingerprint density at radius 1 is 1.00 bits per heavy atom. The van der Waals surface area contributed by atoms with E-state index in [0.29, 0.717) is 5.56 Å². The van der Waals surface area contributed by atoms with Crippen molar-refractivity contribution in [3.05, 3.63) is 71.3 Å². The van der Waals surface area contributed by atoms with E-state index in [1.54, 1.807) is 12.1 Å². The fourth-order valence-electron chi connectivity index (χ4n) is 2.43. The van der Waals surface area contributed by atoms with Crippen LogP contribution in [0.3, 0.4) is 0 Å². The molecule has 0 aliphatic carbocycles. The van der Waals surface area contributed by atoms with Crippen LogP contribution in [0.1, 0.15) is 11.1 Å². The molecule has 0 atom stereocenters. The van der Waals surface area contributed by atoms with Crippen LogP contribution in [-0.4, -0.2) is 19.7 Å². The van der Waals surface area contributed by atoms with Crippen molar-refractivity contribution in [2.45, 2.75) is 6.92 Å². The number of nitrogens with zero attached hydrogens (tertiary/aromatic N) is 2. The van der Waals surface area contributed by atoms with Crippen molar-refractivity contribution in [1.29, 1.82) is 5.26 Å². The van der Waals surface area contributed by atoms with Gasteiger partial charge in [-0.25, -0.2) is 17.2 Å². The van der Waals surface area contributed by atoms with E-state index in [1.165, 1.54) is 43.3 Å². The van der Waals surface area contributed by atoms with Gasteiger partial charge in [-0.2, -0.15) is 10.2 Å². The molecule has 0 aliphatic heterocycles. The molecule has 7 nitrogen and oxygen atoms in total. The third-order valence-corrected chi connectivity index (χ3v) is 4.37. The highest BCUT2D eigenvalue weighted by atomic mass is 32.2. The second-order valence-corrected chi connectivity index (χ2v) is 7.97. The largest absolute Gasteiger partial charge is 0.436 e. The molecule has 2 aromatic carbocycles. The molecular weight excluding hydrogens is 416 g/mol. The number of halogens is 2. The number of anilines is 1. The van der Waals surface area contributed by atoms with Crippen LogP contribution in [0.2, 0.25) is 0 Å². The van der Waals surface area contributed by atoms with Crippen molar-refractivity contribution in [2.75, 3.05) is 11.0 Å². The highest BCUT2D eigenvalue weighted by Crippen LogP contribution is 2.33. The second-order valence-electron chi connectivity index (χ2n) is 6.22. The van der Waals surface area contributed by atoms with E-state index in [9.17, 15) is 17.2 Å². The minimum Gasteiger partial charge on any atom is -0.436 e. The summed E-state index contributed by atoms with van der Waals surface area (Å²) in [4.78, 5) is 3.77. The van der Waals surface area contributed by atoms with Crippen molar-refractivity contribution in [3.63, 3.8) is 0 Å². The summed E-state index contributed by atoms with van der Waals surface area (Å²) >= 11 is 0. The van der Waals surface area contributed by atoms with Crippen molar-refractivity contribution in [3.8, 4) is 29.3 Å². The molecule has 0 bridgehead atoms. The SMILES string of the molecule is Cc1c(F)c(Oc2cccc(C#N)c2)nc(Oc2cccc(NS(C)(=O)=O)c2)c1F. The maximum atomic E-state index is 14.5. The van der Waals surface area contributed by atoms with E-state index in [0.717, 1.165) is 6.26 Å². The summed E-state index contributed by atoms with van der Waals surface area (Å²) in [7, 11) is -3.52. The Kier molecular flexibility index (Phi) is 5.84. The Labute approximate surface area is 171 Å². The van der Waals surface area contributed by atoms with Crippen LogP contribution in [0.15, 0.2) is 48.5 Å². The summed E-state index contributed by atoms with van der Waals surface area (Å²) in [5.41, 5.74) is 0.106. The molecular formula is C20H15F2N3O4S. The molecule has 154 valence electrons. The minimum atomic E-state index is -3.52. The molecule has 0 saturated carbocycles. The van der Waals surface area contributed by atoms with Gasteiger partial charge in [-0.1, -0.05) is 12.1 Å². The fourth-order valence-corrected chi connectivity index (χ4v) is 2.99. The quantitative estimate of drug-likeness (QED) is 0.617. The highest BCUT2D eigenvalue weighted by molar-refractivity contribution is 7.92. The van der Waals surface area contributed by atoms with E-state index in [2.05, 4.69) is 9.71 Å². The number of benzene rings is 2. The molecule has 0 spiro atoms. The third-order valence-electron chi connectivity index (χ3n) is 3.77. The number of nitriles is 1. The van der Waals surface area contributed by atoms with Crippen molar-refractivity contribution < 1.29 is 26.7 Å². The normalized spacial score (nSPS) is 10.9. The first kappa shape index (κ1) is 21.0. The van der Waals surface area contributed by atoms with Gasteiger partial charge >= 0.3 is 0 Å². The Morgan fingerprint density at radius 3 is 2.13 bits per heavy atom. The summed E-state index contributed by atoms with van der Waals surface area (Å²) in [6.07, 6.45) is 0.982. The molecule has 0 aliphatic rings. The average Bonchev–Trinajstić information content (AvgIpc) is 2.69. The number of aromatic nitrogens is 1. The zero-order chi connectivity index (χ0) is 21.9. The standard InChI is InChI=1S/C20H15F2N3O4S/c1-12-17(21)19(28-15-7-3-5-13(9-15)11-23)24-20(18(12)22)29-16-8-4-6-14(10-16)25-30(2,26)27/h3-10,25H,1-2H3. The van der Waals surface area contributed by atoms with Crippen LogP contribution in [-0.2, 0) is 10.0 Å². The molecule has 1 aromatic heterocycles. The summed E-state index contributed by atoms with van der Waals surface area (Å²) in [5.74, 6) is -2.95. The molecule has 0 unspecified atom stereocenters. The topological polar surface area (TPSA) is 101 Å². The van der Waals surface area contributed by atoms with Crippen LogP contribution in [0, 0.1) is 29.9 Å². The zero-order valence-electron chi connectivity index (χ0n) is 15.8. The maximum absolute atomic E-state index is 14.5. The van der Waals surface area contributed by atoms with Crippen molar-refractivity contribution in [2.24, 2.45) is 0 Å². The minimum absolute atomic E-state index is 0.0680. The molecule has 1 heterocycles. The van der Waals surface area contributed by atoms with Gasteiger partial charge in [0.25, 0.3) is 11.8 Å². The van der Waals surface area contributed by atoms with E-state index in [-0.39, 0.29) is 22.7 Å². The highest BCUT2D eigenvalue weighted by Gasteiger charge is 2.21. The first-order valence-corrected chi connectivity index (χ1v) is 10.3. The summed E-state index contributed by atoms with van der Waals surface area (Å²) in [6, 6.07) is 13.6. The van der Waals surface area contributed by atoms with Crippen molar-refractivity contribution in [1.82, 2.24) is 4.98 Å². The lowest BCUT2D eigenvalue weighted by Gasteiger charge is -2.13. The van der Waals surface area contributed by atoms with E-state index in [1.807, 2.05) is 6.07 Å². The lowest BCUT2D eigenvalue weighted by Crippen LogP contribution is -2.09. The van der Waals surface area contributed by atoms with Crippen LogP contribution < -0.4 is 14.2 Å². The Hall–Kier alpha value is -3.71. The number of hydrogen-bond donors (Lipinski definition) is 1. The Balaban J connectivity index is 1.94. The molecule has 0 saturated heterocycles. The number of ether oxygens (including phenoxy) is 2. The van der Waals surface area contributed by atoms with E-state index >= 15 is 0 Å². The Morgan fingerprint density at radius 2 is 1.57 bits per heavy atom. The van der Waals surface area contributed by atoms with E-state index in [4.69, 9.17) is 14.7 Å². The summed E-state index contributed by atoms with van der Waals surface area (Å²) in [5, 5.41) is 8.96.